The average Bonchev–Trinajstić information content (AvgIpc) is 3.04. The lowest BCUT2D eigenvalue weighted by atomic mass is 10.0. The third kappa shape index (κ3) is 2.49. The van der Waals surface area contributed by atoms with Gasteiger partial charge in [-0.2, -0.15) is 0 Å². The van der Waals surface area contributed by atoms with Gasteiger partial charge in [0.25, 0.3) is 0 Å². The molecule has 0 amide bonds. The zero-order chi connectivity index (χ0) is 17.3. The molecule has 0 atom stereocenters. The van der Waals surface area contributed by atoms with E-state index in [0.717, 1.165) is 6.42 Å². The molecule has 4 aromatic carbocycles. The zero-order valence-corrected chi connectivity index (χ0v) is 14.5. The van der Waals surface area contributed by atoms with Crippen molar-refractivity contribution in [2.75, 3.05) is 0 Å². The molecule has 26 heavy (non-hydrogen) atoms. The maximum atomic E-state index is 2.37. The smallest absolute Gasteiger partial charge is 0.0541 e. The summed E-state index contributed by atoms with van der Waals surface area (Å²) in [5.74, 6) is 0. The molecule has 1 heterocycles. The topological polar surface area (TPSA) is 4.93 Å². The lowest BCUT2D eigenvalue weighted by Gasteiger charge is -2.10. The number of hydrogen-bond donors (Lipinski definition) is 0. The first kappa shape index (κ1) is 15.0. The Kier molecular flexibility index (Phi) is 3.57. The molecule has 0 fully saturated rings. The molecule has 0 N–H and O–H groups in total. The Morgan fingerprint density at radius 1 is 0.500 bits per heavy atom. The highest BCUT2D eigenvalue weighted by Gasteiger charge is 2.11. The van der Waals surface area contributed by atoms with Gasteiger partial charge in [-0.15, -0.1) is 0 Å². The molecule has 0 saturated heterocycles. The van der Waals surface area contributed by atoms with Crippen molar-refractivity contribution in [3.05, 3.63) is 114 Å². The van der Waals surface area contributed by atoms with Crippen molar-refractivity contribution < 1.29 is 0 Å². The SMILES string of the molecule is c1ccc(Cc2cccc(-n3c4ccccc4c4ccccc43)c2)cc1. The predicted octanol–water partition coefficient (Wildman–Crippen LogP) is 6.37. The molecule has 0 saturated carbocycles. The molecule has 0 bridgehead atoms. The first-order valence-electron chi connectivity index (χ1n) is 9.01. The van der Waals surface area contributed by atoms with Crippen molar-refractivity contribution in [2.45, 2.75) is 6.42 Å². The van der Waals surface area contributed by atoms with Crippen molar-refractivity contribution in [1.82, 2.24) is 4.57 Å². The van der Waals surface area contributed by atoms with Crippen LogP contribution in [0, 0.1) is 0 Å². The van der Waals surface area contributed by atoms with Crippen LogP contribution in [0.2, 0.25) is 0 Å². The zero-order valence-electron chi connectivity index (χ0n) is 14.5. The summed E-state index contributed by atoms with van der Waals surface area (Å²) in [6.07, 6.45) is 0.950. The minimum atomic E-state index is 0.950. The summed E-state index contributed by atoms with van der Waals surface area (Å²) in [6, 6.07) is 36.8. The molecule has 0 aliphatic heterocycles. The van der Waals surface area contributed by atoms with E-state index in [9.17, 15) is 0 Å². The molecule has 5 rings (SSSR count). The molecule has 1 heteroatoms. The quantitative estimate of drug-likeness (QED) is 0.361. The van der Waals surface area contributed by atoms with Crippen LogP contribution in [0.15, 0.2) is 103 Å². The fourth-order valence-corrected chi connectivity index (χ4v) is 3.84. The summed E-state index contributed by atoms with van der Waals surface area (Å²) in [5, 5.41) is 2.60. The third-order valence-electron chi connectivity index (χ3n) is 5.00. The maximum absolute atomic E-state index is 2.37. The van der Waals surface area contributed by atoms with Crippen LogP contribution in [-0.4, -0.2) is 4.57 Å². The van der Waals surface area contributed by atoms with Crippen molar-refractivity contribution in [2.24, 2.45) is 0 Å². The van der Waals surface area contributed by atoms with Crippen LogP contribution >= 0.6 is 0 Å². The maximum Gasteiger partial charge on any atom is 0.0541 e. The summed E-state index contributed by atoms with van der Waals surface area (Å²) < 4.78 is 2.37. The number of rotatable bonds is 3. The van der Waals surface area contributed by atoms with Gasteiger partial charge in [0.15, 0.2) is 0 Å². The van der Waals surface area contributed by atoms with Gasteiger partial charge in [0, 0.05) is 16.5 Å². The van der Waals surface area contributed by atoms with Crippen LogP contribution < -0.4 is 0 Å². The van der Waals surface area contributed by atoms with Crippen LogP contribution in [0.5, 0.6) is 0 Å². The third-order valence-corrected chi connectivity index (χ3v) is 5.00. The second kappa shape index (κ2) is 6.20. The van der Waals surface area contributed by atoms with E-state index in [0.29, 0.717) is 0 Å². The number of benzene rings is 4. The Balaban J connectivity index is 1.69. The van der Waals surface area contributed by atoms with E-state index in [1.807, 2.05) is 0 Å². The molecule has 0 spiro atoms. The Bertz CT molecular complexity index is 1150. The Morgan fingerprint density at radius 3 is 1.77 bits per heavy atom. The molecule has 0 radical (unpaired) electrons. The molecule has 0 unspecified atom stereocenters. The Labute approximate surface area is 153 Å². The molecule has 1 nitrogen and oxygen atoms in total. The summed E-state index contributed by atoms with van der Waals surface area (Å²) in [7, 11) is 0. The van der Waals surface area contributed by atoms with Gasteiger partial charge >= 0.3 is 0 Å². The van der Waals surface area contributed by atoms with E-state index in [4.69, 9.17) is 0 Å². The van der Waals surface area contributed by atoms with Crippen LogP contribution in [0.3, 0.4) is 0 Å². The van der Waals surface area contributed by atoms with Crippen molar-refractivity contribution in [1.29, 1.82) is 0 Å². The van der Waals surface area contributed by atoms with Gasteiger partial charge in [0.2, 0.25) is 0 Å². The van der Waals surface area contributed by atoms with E-state index in [-0.39, 0.29) is 0 Å². The standard InChI is InChI=1S/C25H19N/c1-2-9-19(10-3-1)17-20-11-8-12-21(18-20)26-24-15-6-4-13-22(24)23-14-5-7-16-25(23)26/h1-16,18H,17H2. The first-order valence-corrected chi connectivity index (χ1v) is 9.01. The number of aromatic nitrogens is 1. The van der Waals surface area contributed by atoms with Gasteiger partial charge in [0.05, 0.1) is 11.0 Å². The first-order chi connectivity index (χ1) is 12.9. The van der Waals surface area contributed by atoms with Gasteiger partial charge < -0.3 is 4.57 Å². The Hall–Kier alpha value is -3.32. The summed E-state index contributed by atoms with van der Waals surface area (Å²) in [6.45, 7) is 0. The van der Waals surface area contributed by atoms with Crippen molar-refractivity contribution in [3.8, 4) is 5.69 Å². The number of hydrogen-bond acceptors (Lipinski definition) is 0. The van der Waals surface area contributed by atoms with Crippen LogP contribution in [0.25, 0.3) is 27.5 Å². The Morgan fingerprint density at radius 2 is 1.08 bits per heavy atom. The van der Waals surface area contributed by atoms with Gasteiger partial charge in [0.1, 0.15) is 0 Å². The van der Waals surface area contributed by atoms with E-state index in [2.05, 4.69) is 108 Å². The average molecular weight is 333 g/mol. The second-order valence-electron chi connectivity index (χ2n) is 6.70. The van der Waals surface area contributed by atoms with Gasteiger partial charge in [-0.25, -0.2) is 0 Å². The monoisotopic (exact) mass is 333 g/mol. The van der Waals surface area contributed by atoms with E-state index in [1.54, 1.807) is 0 Å². The highest BCUT2D eigenvalue weighted by Crippen LogP contribution is 2.32. The summed E-state index contributed by atoms with van der Waals surface area (Å²) in [4.78, 5) is 0. The van der Waals surface area contributed by atoms with Gasteiger partial charge in [-0.1, -0.05) is 78.9 Å². The van der Waals surface area contributed by atoms with Crippen LogP contribution in [-0.2, 0) is 6.42 Å². The van der Waals surface area contributed by atoms with E-state index >= 15 is 0 Å². The predicted molar refractivity (Wildman–Crippen MR) is 110 cm³/mol. The molecule has 0 aliphatic rings. The highest BCUT2D eigenvalue weighted by molar-refractivity contribution is 6.09. The summed E-state index contributed by atoms with van der Waals surface area (Å²) in [5.41, 5.74) is 6.40. The van der Waals surface area contributed by atoms with Crippen LogP contribution in [0.4, 0.5) is 0 Å². The molecular weight excluding hydrogens is 314 g/mol. The van der Waals surface area contributed by atoms with Crippen LogP contribution in [0.1, 0.15) is 11.1 Å². The van der Waals surface area contributed by atoms with Crippen molar-refractivity contribution in [3.63, 3.8) is 0 Å². The minimum Gasteiger partial charge on any atom is -0.309 e. The molecule has 1 aromatic heterocycles. The molecule has 5 aromatic rings. The fourth-order valence-electron chi connectivity index (χ4n) is 3.84. The van der Waals surface area contributed by atoms with E-state index < -0.39 is 0 Å². The van der Waals surface area contributed by atoms with Gasteiger partial charge in [-0.3, -0.25) is 0 Å². The molecular formula is C25H19N. The lowest BCUT2D eigenvalue weighted by molar-refractivity contribution is 1.14. The largest absolute Gasteiger partial charge is 0.309 e. The van der Waals surface area contributed by atoms with Gasteiger partial charge in [-0.05, 0) is 41.8 Å². The normalized spacial score (nSPS) is 11.2. The number of fused-ring (bicyclic) bond motifs is 3. The van der Waals surface area contributed by atoms with Crippen molar-refractivity contribution >= 4 is 21.8 Å². The fraction of sp³-hybridized carbons (Fsp3) is 0.0400. The minimum absolute atomic E-state index is 0.950. The molecule has 124 valence electrons. The highest BCUT2D eigenvalue weighted by atomic mass is 15.0. The second-order valence-corrected chi connectivity index (χ2v) is 6.70. The molecule has 0 aliphatic carbocycles. The number of para-hydroxylation sites is 2. The van der Waals surface area contributed by atoms with E-state index in [1.165, 1.54) is 38.6 Å². The number of nitrogens with zero attached hydrogens (tertiary/aromatic N) is 1. The summed E-state index contributed by atoms with van der Waals surface area (Å²) >= 11 is 0. The lowest BCUT2D eigenvalue weighted by Crippen LogP contribution is -1.96.